The van der Waals surface area contributed by atoms with Crippen LogP contribution in [0.2, 0.25) is 0 Å². The highest BCUT2D eigenvalue weighted by atomic mass is 16.6. The lowest BCUT2D eigenvalue weighted by Crippen LogP contribution is -2.13. The van der Waals surface area contributed by atoms with Gasteiger partial charge in [-0.25, -0.2) is 9.78 Å². The van der Waals surface area contributed by atoms with Crippen molar-refractivity contribution in [3.63, 3.8) is 0 Å². The summed E-state index contributed by atoms with van der Waals surface area (Å²) in [5.41, 5.74) is 2.39. The number of hydrogen-bond acceptors (Lipinski definition) is 5. The van der Waals surface area contributed by atoms with Crippen molar-refractivity contribution in [1.82, 2.24) is 19.9 Å². The molecule has 0 saturated carbocycles. The molecule has 0 unspecified atom stereocenters. The number of H-pyrrole nitrogens is 2. The van der Waals surface area contributed by atoms with Gasteiger partial charge in [0, 0.05) is 17.8 Å². The smallest absolute Gasteiger partial charge is 0.342 e. The Kier molecular flexibility index (Phi) is 3.19. The predicted molar refractivity (Wildman–Crippen MR) is 75.0 cm³/mol. The van der Waals surface area contributed by atoms with Crippen molar-refractivity contribution in [2.24, 2.45) is 0 Å². The molecule has 0 atom stereocenters. The first-order chi connectivity index (χ1) is 10.1. The van der Waals surface area contributed by atoms with Gasteiger partial charge in [0.25, 0.3) is 5.69 Å². The third-order valence-corrected chi connectivity index (χ3v) is 3.20. The topological polar surface area (TPSA) is 118 Å². The van der Waals surface area contributed by atoms with Crippen LogP contribution < -0.4 is 5.69 Å². The second-order valence-corrected chi connectivity index (χ2v) is 4.55. The van der Waals surface area contributed by atoms with Crippen LogP contribution in [-0.4, -0.2) is 24.9 Å². The van der Waals surface area contributed by atoms with Crippen molar-refractivity contribution < 1.29 is 4.92 Å². The number of nitrogens with one attached hydrogen (secondary N) is 2. The first-order valence-corrected chi connectivity index (χ1v) is 6.29. The van der Waals surface area contributed by atoms with Crippen LogP contribution in [0.3, 0.4) is 0 Å². The van der Waals surface area contributed by atoms with Gasteiger partial charge in [0.2, 0.25) is 0 Å². The Balaban J connectivity index is 1.81. The lowest BCUT2D eigenvalue weighted by Gasteiger charge is -2.03. The summed E-state index contributed by atoms with van der Waals surface area (Å²) in [6.07, 6.45) is 2.71. The van der Waals surface area contributed by atoms with Crippen molar-refractivity contribution in [2.75, 3.05) is 0 Å². The van der Waals surface area contributed by atoms with Crippen LogP contribution in [0, 0.1) is 10.1 Å². The number of non-ortho nitro benzene ring substituents is 1. The van der Waals surface area contributed by atoms with E-state index in [0.29, 0.717) is 24.0 Å². The number of rotatable bonds is 4. The van der Waals surface area contributed by atoms with E-state index in [-0.39, 0.29) is 5.69 Å². The van der Waals surface area contributed by atoms with E-state index in [1.54, 1.807) is 12.1 Å². The molecule has 1 aromatic carbocycles. The van der Waals surface area contributed by atoms with Gasteiger partial charge in [0.05, 0.1) is 11.3 Å². The zero-order chi connectivity index (χ0) is 14.8. The minimum Gasteiger partial charge on any atom is -0.342 e. The highest BCUT2D eigenvalue weighted by Crippen LogP contribution is 2.15. The maximum Gasteiger partial charge on any atom is 0.347 e. The molecule has 106 valence electrons. The summed E-state index contributed by atoms with van der Waals surface area (Å²) in [5, 5.41) is 10.6. The molecule has 0 aliphatic rings. The molecule has 2 aromatic heterocycles. The van der Waals surface area contributed by atoms with Crippen molar-refractivity contribution in [3.8, 4) is 0 Å². The first kappa shape index (κ1) is 13.0. The summed E-state index contributed by atoms with van der Waals surface area (Å²) in [6.45, 7) is 0. The number of nitrogens with zero attached hydrogens (tertiary/aromatic N) is 3. The van der Waals surface area contributed by atoms with E-state index < -0.39 is 10.6 Å². The van der Waals surface area contributed by atoms with Gasteiger partial charge in [-0.1, -0.05) is 12.1 Å². The normalized spacial score (nSPS) is 10.9. The van der Waals surface area contributed by atoms with Crippen molar-refractivity contribution in [3.05, 3.63) is 62.4 Å². The highest BCUT2D eigenvalue weighted by Gasteiger charge is 2.08. The molecule has 3 rings (SSSR count). The number of imidazole rings is 1. The van der Waals surface area contributed by atoms with Crippen LogP contribution in [0.5, 0.6) is 0 Å². The van der Waals surface area contributed by atoms with Crippen molar-refractivity contribution in [2.45, 2.75) is 12.8 Å². The summed E-state index contributed by atoms with van der Waals surface area (Å²) in [6, 6.07) is 6.36. The van der Waals surface area contributed by atoms with E-state index in [4.69, 9.17) is 0 Å². The van der Waals surface area contributed by atoms with Gasteiger partial charge in [-0.2, -0.15) is 4.98 Å². The predicted octanol–water partition coefficient (Wildman–Crippen LogP) is 1.34. The van der Waals surface area contributed by atoms with Crippen LogP contribution in [0.25, 0.3) is 11.2 Å². The molecule has 0 bridgehead atoms. The van der Waals surface area contributed by atoms with Gasteiger partial charge >= 0.3 is 5.69 Å². The Bertz CT molecular complexity index is 850. The zero-order valence-corrected chi connectivity index (χ0v) is 10.9. The number of aromatic amines is 2. The molecule has 0 aliphatic heterocycles. The largest absolute Gasteiger partial charge is 0.347 e. The van der Waals surface area contributed by atoms with Crippen LogP contribution in [0.1, 0.15) is 11.3 Å². The fourth-order valence-electron chi connectivity index (χ4n) is 2.15. The number of hydrogen-bond donors (Lipinski definition) is 2. The molecule has 2 N–H and O–H groups in total. The number of aromatic nitrogens is 4. The maximum atomic E-state index is 11.4. The standard InChI is InChI=1S/C13H11N5O3/c19-13-16-10(11-12(17-13)15-7-14-11)6-3-8-1-4-9(5-2-8)18(20)21/h1-2,4-5,7H,3,6H2,(H2,14,15,16,17,19). The molecule has 8 nitrogen and oxygen atoms in total. The molecule has 0 radical (unpaired) electrons. The summed E-state index contributed by atoms with van der Waals surface area (Å²) in [5.74, 6) is 0. The van der Waals surface area contributed by atoms with E-state index >= 15 is 0 Å². The SMILES string of the molecule is O=c1nc2nc[nH]c2c(CCc2ccc([N+](=O)[O-])cc2)[nH]1. The van der Waals surface area contributed by atoms with E-state index in [9.17, 15) is 14.9 Å². The third-order valence-electron chi connectivity index (χ3n) is 3.20. The Morgan fingerprint density at radius 1 is 1.19 bits per heavy atom. The first-order valence-electron chi connectivity index (χ1n) is 6.29. The molecule has 8 heteroatoms. The van der Waals surface area contributed by atoms with Crippen LogP contribution in [0.15, 0.2) is 35.4 Å². The number of nitro groups is 1. The molecule has 0 aliphatic carbocycles. The maximum absolute atomic E-state index is 11.4. The molecule has 0 spiro atoms. The van der Waals surface area contributed by atoms with Gasteiger partial charge in [-0.05, 0) is 18.4 Å². The molecule has 0 saturated heterocycles. The second kappa shape index (κ2) is 5.16. The molecular weight excluding hydrogens is 274 g/mol. The van der Waals surface area contributed by atoms with E-state index in [0.717, 1.165) is 11.3 Å². The molecular formula is C13H11N5O3. The van der Waals surface area contributed by atoms with Gasteiger partial charge in [0.15, 0.2) is 5.65 Å². The summed E-state index contributed by atoms with van der Waals surface area (Å²) in [4.78, 5) is 35.0. The average Bonchev–Trinajstić information content (AvgIpc) is 2.93. The van der Waals surface area contributed by atoms with E-state index in [1.807, 2.05) is 0 Å². The molecule has 21 heavy (non-hydrogen) atoms. The zero-order valence-electron chi connectivity index (χ0n) is 10.9. The summed E-state index contributed by atoms with van der Waals surface area (Å²) in [7, 11) is 0. The van der Waals surface area contributed by atoms with Crippen LogP contribution >= 0.6 is 0 Å². The number of fused-ring (bicyclic) bond motifs is 1. The monoisotopic (exact) mass is 285 g/mol. The Hall–Kier alpha value is -3.03. The molecule has 2 heterocycles. The Morgan fingerprint density at radius 2 is 1.95 bits per heavy atom. The second-order valence-electron chi connectivity index (χ2n) is 4.55. The van der Waals surface area contributed by atoms with Crippen molar-refractivity contribution in [1.29, 1.82) is 0 Å². The van der Waals surface area contributed by atoms with Gasteiger partial charge in [-0.15, -0.1) is 0 Å². The lowest BCUT2D eigenvalue weighted by atomic mass is 10.1. The van der Waals surface area contributed by atoms with E-state index in [1.165, 1.54) is 18.5 Å². The molecule has 0 amide bonds. The fourth-order valence-corrected chi connectivity index (χ4v) is 2.15. The quantitative estimate of drug-likeness (QED) is 0.554. The summed E-state index contributed by atoms with van der Waals surface area (Å²) >= 11 is 0. The van der Waals surface area contributed by atoms with Gasteiger partial charge in [0.1, 0.15) is 5.52 Å². The summed E-state index contributed by atoms with van der Waals surface area (Å²) < 4.78 is 0. The van der Waals surface area contributed by atoms with Crippen LogP contribution in [0.4, 0.5) is 5.69 Å². The number of nitro benzene ring substituents is 1. The van der Waals surface area contributed by atoms with Crippen LogP contribution in [-0.2, 0) is 12.8 Å². The minimum atomic E-state index is -0.437. The molecule has 3 aromatic rings. The number of aryl methyl sites for hydroxylation is 2. The van der Waals surface area contributed by atoms with Crippen molar-refractivity contribution >= 4 is 16.9 Å². The Morgan fingerprint density at radius 3 is 2.67 bits per heavy atom. The Labute approximate surface area is 118 Å². The third kappa shape index (κ3) is 2.64. The number of benzene rings is 1. The molecule has 0 fully saturated rings. The highest BCUT2D eigenvalue weighted by molar-refractivity contribution is 5.71. The minimum absolute atomic E-state index is 0.0621. The van der Waals surface area contributed by atoms with Gasteiger partial charge < -0.3 is 9.97 Å². The lowest BCUT2D eigenvalue weighted by molar-refractivity contribution is -0.384. The van der Waals surface area contributed by atoms with E-state index in [2.05, 4.69) is 19.9 Å². The average molecular weight is 285 g/mol. The fraction of sp³-hybridized carbons (Fsp3) is 0.154. The van der Waals surface area contributed by atoms with Gasteiger partial charge in [-0.3, -0.25) is 10.1 Å².